The zero-order valence-corrected chi connectivity index (χ0v) is 11.3. The Hall–Kier alpha value is -0.970. The molecule has 0 fully saturated rings. The Labute approximate surface area is 106 Å². The molecule has 10 heteroatoms. The van der Waals surface area contributed by atoms with E-state index in [1.165, 1.54) is 0 Å². The van der Waals surface area contributed by atoms with Crippen LogP contribution in [0.25, 0.3) is 0 Å². The molecule has 9 nitrogen and oxygen atoms in total. The minimum atomic E-state index is -3.93. The van der Waals surface area contributed by atoms with Crippen LogP contribution < -0.4 is 0 Å². The average molecular weight is 285 g/mol. The van der Waals surface area contributed by atoms with Crippen LogP contribution in [0.2, 0.25) is 0 Å². The molecule has 0 rings (SSSR count). The lowest BCUT2D eigenvalue weighted by Crippen LogP contribution is -2.35. The average Bonchev–Trinajstić information content (AvgIpc) is 2.22. The fourth-order valence-corrected chi connectivity index (χ4v) is 1.65. The molecule has 0 bridgehead atoms. The molecule has 0 atom stereocenters. The summed E-state index contributed by atoms with van der Waals surface area (Å²) in [6.07, 6.45) is 0. The van der Waals surface area contributed by atoms with Crippen LogP contribution in [0.15, 0.2) is 0 Å². The summed E-state index contributed by atoms with van der Waals surface area (Å²) in [6.45, 7) is 1.84. The molecular formula is C8H19N3O6S. The largest absolute Gasteiger partial charge is 0.313 e. The van der Waals surface area contributed by atoms with Crippen LogP contribution in [0.4, 0.5) is 0 Å². The highest BCUT2D eigenvalue weighted by atomic mass is 32.2. The van der Waals surface area contributed by atoms with Gasteiger partial charge in [0.05, 0.1) is 5.75 Å². The van der Waals surface area contributed by atoms with Gasteiger partial charge in [-0.2, -0.15) is 8.42 Å². The summed E-state index contributed by atoms with van der Waals surface area (Å²) in [5, 5.41) is 9.06. The van der Waals surface area contributed by atoms with Gasteiger partial charge in [0.1, 0.15) is 6.61 Å². The molecule has 108 valence electrons. The molecule has 0 aromatic rings. The normalized spacial score (nSPS) is 12.1. The smallest absolute Gasteiger partial charge is 0.294 e. The van der Waals surface area contributed by atoms with Gasteiger partial charge in [-0.15, -0.1) is 10.1 Å². The Kier molecular flexibility index (Phi) is 7.75. The molecule has 0 amide bonds. The van der Waals surface area contributed by atoms with E-state index in [9.17, 15) is 18.5 Å². The highest BCUT2D eigenvalue weighted by Gasteiger charge is 2.08. The summed E-state index contributed by atoms with van der Waals surface area (Å²) >= 11 is 0. The van der Waals surface area contributed by atoms with Gasteiger partial charge in [-0.25, -0.2) is 0 Å². The predicted molar refractivity (Wildman–Crippen MR) is 64.4 cm³/mol. The van der Waals surface area contributed by atoms with E-state index in [-0.39, 0.29) is 18.9 Å². The monoisotopic (exact) mass is 285 g/mol. The maximum absolute atomic E-state index is 10.5. The zero-order valence-electron chi connectivity index (χ0n) is 10.5. The molecular weight excluding hydrogens is 266 g/mol. The lowest BCUT2D eigenvalue weighted by atomic mass is 10.4. The fraction of sp³-hybridized carbons (Fsp3) is 1.00. The third-order valence-electron chi connectivity index (χ3n) is 2.26. The van der Waals surface area contributed by atoms with E-state index in [1.54, 1.807) is 19.0 Å². The Morgan fingerprint density at radius 1 is 1.17 bits per heavy atom. The van der Waals surface area contributed by atoms with E-state index < -0.39 is 15.2 Å². The lowest BCUT2D eigenvalue weighted by molar-refractivity contribution is -0.757. The van der Waals surface area contributed by atoms with Crippen LogP contribution in [0.3, 0.4) is 0 Å². The van der Waals surface area contributed by atoms with Crippen molar-refractivity contribution in [3.63, 3.8) is 0 Å². The van der Waals surface area contributed by atoms with E-state index in [4.69, 9.17) is 4.55 Å². The van der Waals surface area contributed by atoms with Gasteiger partial charge in [-0.3, -0.25) is 4.55 Å². The molecule has 0 aliphatic rings. The number of nitrogens with zero attached hydrogens (tertiary/aromatic N) is 3. The third kappa shape index (κ3) is 11.5. The van der Waals surface area contributed by atoms with Crippen molar-refractivity contribution in [3.05, 3.63) is 10.1 Å². The topological polar surface area (TPSA) is 113 Å². The molecule has 0 aliphatic carbocycles. The Balaban J connectivity index is 3.65. The molecule has 0 unspecified atom stereocenters. The number of likely N-dealkylation sites (N-methyl/N-ethyl adjacent to an activating group) is 2. The lowest BCUT2D eigenvalue weighted by Gasteiger charge is -2.21. The van der Waals surface area contributed by atoms with Crippen LogP contribution in [-0.2, 0) is 15.0 Å². The Morgan fingerprint density at radius 3 is 2.11 bits per heavy atom. The van der Waals surface area contributed by atoms with Crippen molar-refractivity contribution < 1.29 is 22.9 Å². The van der Waals surface area contributed by atoms with Gasteiger partial charge in [0.15, 0.2) is 0 Å². The van der Waals surface area contributed by atoms with Crippen LogP contribution in [0.5, 0.6) is 0 Å². The van der Waals surface area contributed by atoms with Crippen molar-refractivity contribution in [3.8, 4) is 0 Å². The van der Waals surface area contributed by atoms with Gasteiger partial charge >= 0.3 is 0 Å². The first-order valence-corrected chi connectivity index (χ1v) is 6.91. The van der Waals surface area contributed by atoms with Crippen molar-refractivity contribution >= 4 is 10.1 Å². The highest BCUT2D eigenvalue weighted by molar-refractivity contribution is 7.85. The van der Waals surface area contributed by atoms with Gasteiger partial charge < -0.3 is 14.6 Å². The fourth-order valence-electron chi connectivity index (χ4n) is 1.11. The van der Waals surface area contributed by atoms with Gasteiger partial charge in [-0.1, -0.05) is 0 Å². The summed E-state index contributed by atoms with van der Waals surface area (Å²) in [5.74, 6) is -0.308. The number of rotatable bonds is 10. The second-order valence-electron chi connectivity index (χ2n) is 3.95. The quantitative estimate of drug-likeness (QED) is 0.307. The van der Waals surface area contributed by atoms with E-state index in [1.807, 2.05) is 4.90 Å². The molecule has 0 saturated carbocycles. The highest BCUT2D eigenvalue weighted by Crippen LogP contribution is 1.90. The summed E-state index contributed by atoms with van der Waals surface area (Å²) in [4.78, 5) is 17.6. The third-order valence-corrected chi connectivity index (χ3v) is 2.96. The number of hydrogen-bond donors (Lipinski definition) is 1. The molecule has 0 saturated heterocycles. The first-order valence-electron chi connectivity index (χ1n) is 5.30. The van der Waals surface area contributed by atoms with Crippen molar-refractivity contribution in [2.24, 2.45) is 0 Å². The second kappa shape index (κ2) is 8.19. The summed E-state index contributed by atoms with van der Waals surface area (Å²) in [5.41, 5.74) is 0. The van der Waals surface area contributed by atoms with E-state index in [2.05, 4.69) is 4.84 Å². The van der Waals surface area contributed by atoms with Crippen molar-refractivity contribution in [2.75, 3.05) is 52.6 Å². The molecule has 0 aliphatic heterocycles. The maximum Gasteiger partial charge on any atom is 0.294 e. The van der Waals surface area contributed by atoms with E-state index >= 15 is 0 Å². The molecule has 0 spiro atoms. The van der Waals surface area contributed by atoms with E-state index in [0.29, 0.717) is 19.6 Å². The minimum Gasteiger partial charge on any atom is -0.313 e. The number of hydrogen-bond acceptors (Lipinski definition) is 7. The maximum atomic E-state index is 10.5. The zero-order chi connectivity index (χ0) is 14.2. The molecule has 0 aromatic heterocycles. The van der Waals surface area contributed by atoms with Crippen LogP contribution in [0.1, 0.15) is 0 Å². The van der Waals surface area contributed by atoms with Crippen LogP contribution in [0, 0.1) is 10.1 Å². The van der Waals surface area contributed by atoms with E-state index in [0.717, 1.165) is 0 Å². The SMILES string of the molecule is CN(CCO[N+](=O)[O-])CCN(C)CCS(=O)(=O)O. The summed E-state index contributed by atoms with van der Waals surface area (Å²) in [7, 11) is -0.425. The molecule has 1 N–H and O–H groups in total. The molecule has 18 heavy (non-hydrogen) atoms. The molecule has 0 radical (unpaired) electrons. The Bertz CT molecular complexity index is 347. The van der Waals surface area contributed by atoms with Gasteiger partial charge in [0, 0.05) is 26.2 Å². The summed E-state index contributed by atoms with van der Waals surface area (Å²) in [6, 6.07) is 0. The van der Waals surface area contributed by atoms with Gasteiger partial charge in [-0.05, 0) is 14.1 Å². The van der Waals surface area contributed by atoms with Gasteiger partial charge in [0.2, 0.25) is 0 Å². The predicted octanol–water partition coefficient (Wildman–Crippen LogP) is -1.05. The first kappa shape index (κ1) is 17.0. The molecule has 0 aromatic carbocycles. The van der Waals surface area contributed by atoms with Crippen molar-refractivity contribution in [2.45, 2.75) is 0 Å². The van der Waals surface area contributed by atoms with Crippen molar-refractivity contribution in [1.29, 1.82) is 0 Å². The first-order chi connectivity index (χ1) is 8.20. The van der Waals surface area contributed by atoms with Gasteiger partial charge in [0.25, 0.3) is 15.2 Å². The summed E-state index contributed by atoms with van der Waals surface area (Å²) < 4.78 is 29.6. The van der Waals surface area contributed by atoms with Crippen LogP contribution in [-0.4, -0.2) is 80.5 Å². The standard InChI is InChI=1S/C8H19N3O6S/c1-9(5-7-17-11(12)13)3-4-10(2)6-8-18(14,15)16/h3-8H2,1-2H3,(H,14,15,16). The minimum absolute atomic E-state index is 0.00175. The van der Waals surface area contributed by atoms with Crippen LogP contribution >= 0.6 is 0 Å². The second-order valence-corrected chi connectivity index (χ2v) is 5.52. The van der Waals surface area contributed by atoms with Crippen molar-refractivity contribution in [1.82, 2.24) is 9.80 Å². The molecule has 0 heterocycles. The Morgan fingerprint density at radius 2 is 1.67 bits per heavy atom.